The maximum Gasteiger partial charge on any atom is 0.269 e. The second-order valence-corrected chi connectivity index (χ2v) is 6.13. The summed E-state index contributed by atoms with van der Waals surface area (Å²) in [7, 11) is 0. The first-order valence-corrected chi connectivity index (χ1v) is 7.49. The van der Waals surface area contributed by atoms with E-state index in [-0.39, 0.29) is 10.6 Å². The van der Waals surface area contributed by atoms with Gasteiger partial charge >= 0.3 is 0 Å². The summed E-state index contributed by atoms with van der Waals surface area (Å²) in [6.07, 6.45) is 3.58. The summed E-state index contributed by atoms with van der Waals surface area (Å²) in [6, 6.07) is 5.41. The molecule has 0 saturated heterocycles. The first kappa shape index (κ1) is 15.7. The van der Waals surface area contributed by atoms with Crippen LogP contribution in [0.3, 0.4) is 0 Å². The van der Waals surface area contributed by atoms with Crippen LogP contribution in [0.5, 0.6) is 0 Å². The molecule has 0 amide bonds. The summed E-state index contributed by atoms with van der Waals surface area (Å²) in [5.74, 6) is 6.18. The van der Waals surface area contributed by atoms with E-state index >= 15 is 0 Å². The van der Waals surface area contributed by atoms with Crippen LogP contribution in [0.2, 0.25) is 0 Å². The van der Waals surface area contributed by atoms with E-state index in [1.807, 2.05) is 0 Å². The van der Waals surface area contributed by atoms with Gasteiger partial charge in [-0.05, 0) is 43.4 Å². The van der Waals surface area contributed by atoms with Crippen LogP contribution in [-0.2, 0) is 6.54 Å². The van der Waals surface area contributed by atoms with Gasteiger partial charge in [0, 0.05) is 24.7 Å². The Morgan fingerprint density at radius 2 is 2.19 bits per heavy atom. The fourth-order valence-corrected chi connectivity index (χ4v) is 2.44. The number of nitro groups is 1. The number of rotatable bonds is 8. The Bertz CT molecular complexity index is 500. The van der Waals surface area contributed by atoms with Crippen LogP contribution >= 0.6 is 0 Å². The maximum absolute atomic E-state index is 10.9. The Labute approximate surface area is 125 Å². The molecule has 0 atom stereocenters. The molecular formula is C15H24N4O2. The van der Waals surface area contributed by atoms with Gasteiger partial charge in [0.15, 0.2) is 0 Å². The third-order valence-corrected chi connectivity index (χ3v) is 3.89. The zero-order valence-electron chi connectivity index (χ0n) is 12.7. The van der Waals surface area contributed by atoms with Crippen LogP contribution in [-0.4, -0.2) is 22.4 Å². The van der Waals surface area contributed by atoms with Crippen LogP contribution in [0.4, 0.5) is 11.4 Å². The molecule has 0 radical (unpaired) electrons. The molecule has 1 aliphatic rings. The van der Waals surface area contributed by atoms with Crippen molar-refractivity contribution in [2.75, 3.05) is 12.0 Å². The predicted octanol–water partition coefficient (Wildman–Crippen LogP) is 2.89. The number of nitrogens with two attached hydrogens (primary N) is 1. The third kappa shape index (κ3) is 4.41. The lowest BCUT2D eigenvalue weighted by Gasteiger charge is -2.24. The van der Waals surface area contributed by atoms with Crippen LogP contribution in [0.1, 0.15) is 38.7 Å². The number of hydrazine groups is 1. The minimum absolute atomic E-state index is 0.114. The summed E-state index contributed by atoms with van der Waals surface area (Å²) in [5.41, 5.74) is 4.41. The second-order valence-electron chi connectivity index (χ2n) is 6.13. The molecule has 1 saturated carbocycles. The van der Waals surface area contributed by atoms with Crippen molar-refractivity contribution in [1.29, 1.82) is 0 Å². The largest absolute Gasteiger partial charge is 0.324 e. The zero-order chi connectivity index (χ0) is 15.4. The minimum Gasteiger partial charge on any atom is -0.324 e. The molecule has 1 aromatic rings. The van der Waals surface area contributed by atoms with Gasteiger partial charge in [0.1, 0.15) is 0 Å². The number of non-ortho nitro benzene ring substituents is 1. The van der Waals surface area contributed by atoms with Crippen molar-refractivity contribution < 1.29 is 4.92 Å². The molecule has 21 heavy (non-hydrogen) atoms. The van der Waals surface area contributed by atoms with Gasteiger partial charge in [0.2, 0.25) is 0 Å². The average molecular weight is 292 g/mol. The lowest BCUT2D eigenvalue weighted by Crippen LogP contribution is -2.28. The van der Waals surface area contributed by atoms with Gasteiger partial charge in [-0.3, -0.25) is 20.9 Å². The molecule has 0 unspecified atom stereocenters. The highest BCUT2D eigenvalue weighted by Gasteiger charge is 2.29. The number of anilines is 1. The van der Waals surface area contributed by atoms with Gasteiger partial charge in [0.25, 0.3) is 5.69 Å². The van der Waals surface area contributed by atoms with E-state index in [0.29, 0.717) is 18.5 Å². The van der Waals surface area contributed by atoms with Crippen molar-refractivity contribution in [2.24, 2.45) is 11.8 Å². The number of nitrogens with zero attached hydrogens (tertiary/aromatic N) is 2. The first-order valence-electron chi connectivity index (χ1n) is 7.49. The standard InChI is InChI=1S/C15H24N4O2/c1-11(2)7-8-18(13-3-4-13)10-12-9-14(19(20)21)5-6-15(12)17-16/h5-6,9,11,13,17H,3-4,7-8,10,16H2,1-2H3. The fourth-order valence-electron chi connectivity index (χ4n) is 2.44. The Morgan fingerprint density at radius 1 is 1.48 bits per heavy atom. The topological polar surface area (TPSA) is 84.4 Å². The lowest BCUT2D eigenvalue weighted by atomic mass is 10.1. The highest BCUT2D eigenvalue weighted by molar-refractivity contribution is 5.55. The van der Waals surface area contributed by atoms with E-state index in [4.69, 9.17) is 5.84 Å². The molecule has 0 aliphatic heterocycles. The Morgan fingerprint density at radius 3 is 2.71 bits per heavy atom. The van der Waals surface area contributed by atoms with E-state index in [2.05, 4.69) is 24.2 Å². The second kappa shape index (κ2) is 6.87. The van der Waals surface area contributed by atoms with Gasteiger partial charge in [0.05, 0.1) is 10.6 Å². The molecule has 0 aromatic heterocycles. The van der Waals surface area contributed by atoms with Crippen LogP contribution in [0, 0.1) is 16.0 Å². The predicted molar refractivity (Wildman–Crippen MR) is 83.8 cm³/mol. The Kier molecular flexibility index (Phi) is 5.14. The first-order chi connectivity index (χ1) is 10.0. The van der Waals surface area contributed by atoms with Gasteiger partial charge in [-0.2, -0.15) is 0 Å². The molecule has 3 N–H and O–H groups in total. The molecule has 1 fully saturated rings. The van der Waals surface area contributed by atoms with Gasteiger partial charge in [-0.25, -0.2) is 0 Å². The minimum atomic E-state index is -0.362. The van der Waals surface area contributed by atoms with E-state index in [0.717, 1.165) is 24.2 Å². The van der Waals surface area contributed by atoms with Crippen molar-refractivity contribution in [3.8, 4) is 0 Å². The molecule has 0 bridgehead atoms. The maximum atomic E-state index is 10.9. The number of hydrogen-bond acceptors (Lipinski definition) is 5. The molecular weight excluding hydrogens is 268 g/mol. The van der Waals surface area contributed by atoms with Crippen molar-refractivity contribution in [3.05, 3.63) is 33.9 Å². The summed E-state index contributed by atoms with van der Waals surface area (Å²) < 4.78 is 0. The normalized spacial score (nSPS) is 14.7. The summed E-state index contributed by atoms with van der Waals surface area (Å²) in [4.78, 5) is 13.0. The van der Waals surface area contributed by atoms with E-state index in [9.17, 15) is 10.1 Å². The number of hydrogen-bond donors (Lipinski definition) is 2. The quantitative estimate of drug-likeness (QED) is 0.437. The molecule has 6 nitrogen and oxygen atoms in total. The van der Waals surface area contributed by atoms with Gasteiger partial charge in [-0.1, -0.05) is 13.8 Å². The lowest BCUT2D eigenvalue weighted by molar-refractivity contribution is -0.384. The smallest absolute Gasteiger partial charge is 0.269 e. The fraction of sp³-hybridized carbons (Fsp3) is 0.600. The number of nitrogen functional groups attached to an aromatic ring is 1. The van der Waals surface area contributed by atoms with E-state index in [1.54, 1.807) is 12.1 Å². The highest BCUT2D eigenvalue weighted by atomic mass is 16.6. The molecule has 2 rings (SSSR count). The zero-order valence-corrected chi connectivity index (χ0v) is 12.7. The van der Waals surface area contributed by atoms with E-state index < -0.39 is 0 Å². The molecule has 0 heterocycles. The van der Waals surface area contributed by atoms with Crippen molar-refractivity contribution in [3.63, 3.8) is 0 Å². The molecule has 0 spiro atoms. The van der Waals surface area contributed by atoms with Gasteiger partial charge in [-0.15, -0.1) is 0 Å². The summed E-state index contributed by atoms with van der Waals surface area (Å²) >= 11 is 0. The van der Waals surface area contributed by atoms with Crippen molar-refractivity contribution in [1.82, 2.24) is 4.90 Å². The Balaban J connectivity index is 2.14. The Hall–Kier alpha value is -1.66. The van der Waals surface area contributed by atoms with Crippen molar-refractivity contribution in [2.45, 2.75) is 45.7 Å². The molecule has 6 heteroatoms. The molecule has 1 aliphatic carbocycles. The van der Waals surface area contributed by atoms with Crippen molar-refractivity contribution >= 4 is 11.4 Å². The van der Waals surface area contributed by atoms with Gasteiger partial charge < -0.3 is 5.43 Å². The monoisotopic (exact) mass is 292 g/mol. The molecule has 1 aromatic carbocycles. The average Bonchev–Trinajstić information content (AvgIpc) is 3.27. The summed E-state index contributed by atoms with van der Waals surface area (Å²) in [6.45, 7) is 6.16. The number of nitro benzene ring substituents is 1. The summed E-state index contributed by atoms with van der Waals surface area (Å²) in [5, 5.41) is 10.9. The van der Waals surface area contributed by atoms with Crippen LogP contribution in [0.25, 0.3) is 0 Å². The van der Waals surface area contributed by atoms with Crippen LogP contribution in [0.15, 0.2) is 18.2 Å². The van der Waals surface area contributed by atoms with E-state index in [1.165, 1.54) is 18.9 Å². The van der Waals surface area contributed by atoms with Crippen LogP contribution < -0.4 is 11.3 Å². The highest BCUT2D eigenvalue weighted by Crippen LogP contribution is 2.31. The third-order valence-electron chi connectivity index (χ3n) is 3.89. The number of nitrogens with one attached hydrogen (secondary N) is 1. The SMILES string of the molecule is CC(C)CCN(Cc1cc([N+](=O)[O-])ccc1NN)C1CC1. The molecule has 116 valence electrons. The number of benzene rings is 1.